The molecule has 7 nitrogen and oxygen atoms in total. The Kier molecular flexibility index (Phi) is 2.06. The molecular formula is C11H9N5O2. The molecule has 0 fully saturated rings. The van der Waals surface area contributed by atoms with E-state index in [1.807, 2.05) is 0 Å². The van der Waals surface area contributed by atoms with Crippen molar-refractivity contribution in [1.82, 2.24) is 19.9 Å². The van der Waals surface area contributed by atoms with Crippen molar-refractivity contribution in [1.29, 1.82) is 0 Å². The Hall–Kier alpha value is -2.83. The second kappa shape index (κ2) is 3.59. The molecule has 3 aromatic rings. The van der Waals surface area contributed by atoms with Gasteiger partial charge in [0.05, 0.1) is 22.8 Å². The van der Waals surface area contributed by atoms with E-state index in [2.05, 4.69) is 19.9 Å². The lowest BCUT2D eigenvalue weighted by atomic mass is 10.2. The van der Waals surface area contributed by atoms with E-state index in [-0.39, 0.29) is 5.56 Å². The highest BCUT2D eigenvalue weighted by Gasteiger charge is 2.10. The third-order valence-electron chi connectivity index (χ3n) is 2.55. The van der Waals surface area contributed by atoms with Gasteiger partial charge in [0.1, 0.15) is 5.82 Å². The number of fused-ring (bicyclic) bond motifs is 1. The molecule has 18 heavy (non-hydrogen) atoms. The highest BCUT2D eigenvalue weighted by molar-refractivity contribution is 5.92. The molecule has 0 spiro atoms. The summed E-state index contributed by atoms with van der Waals surface area (Å²) in [6, 6.07) is 4.68. The molecule has 0 saturated heterocycles. The molecule has 0 amide bonds. The van der Waals surface area contributed by atoms with Gasteiger partial charge in [-0.1, -0.05) is 0 Å². The quantitative estimate of drug-likeness (QED) is 0.539. The highest BCUT2D eigenvalue weighted by Crippen LogP contribution is 2.19. The number of rotatable bonds is 2. The number of imidazole rings is 2. The van der Waals surface area contributed by atoms with Crippen molar-refractivity contribution >= 4 is 22.8 Å². The number of carbonyl (C=O) groups is 1. The van der Waals surface area contributed by atoms with Crippen LogP contribution in [-0.2, 0) is 0 Å². The summed E-state index contributed by atoms with van der Waals surface area (Å²) in [6.07, 6.45) is 1.49. The van der Waals surface area contributed by atoms with Crippen molar-refractivity contribution in [3.63, 3.8) is 0 Å². The van der Waals surface area contributed by atoms with E-state index in [1.165, 1.54) is 18.3 Å². The number of aromatic carboxylic acids is 1. The second-order valence-corrected chi connectivity index (χ2v) is 3.81. The normalized spacial score (nSPS) is 10.9. The van der Waals surface area contributed by atoms with Crippen LogP contribution in [0.5, 0.6) is 0 Å². The van der Waals surface area contributed by atoms with Crippen LogP contribution in [0.3, 0.4) is 0 Å². The minimum atomic E-state index is -0.977. The first kappa shape index (κ1) is 10.3. The van der Waals surface area contributed by atoms with Crippen LogP contribution >= 0.6 is 0 Å². The summed E-state index contributed by atoms with van der Waals surface area (Å²) < 4.78 is 0. The van der Waals surface area contributed by atoms with Crippen molar-refractivity contribution in [2.75, 3.05) is 5.73 Å². The van der Waals surface area contributed by atoms with Gasteiger partial charge in [-0.05, 0) is 18.2 Å². The Balaban J connectivity index is 2.13. The molecule has 0 aliphatic rings. The number of nitrogens with one attached hydrogen (secondary N) is 2. The van der Waals surface area contributed by atoms with Gasteiger partial charge in [0, 0.05) is 0 Å². The average Bonchev–Trinajstić information content (AvgIpc) is 2.93. The fourth-order valence-electron chi connectivity index (χ4n) is 1.71. The largest absolute Gasteiger partial charge is 0.478 e. The summed E-state index contributed by atoms with van der Waals surface area (Å²) >= 11 is 0. The van der Waals surface area contributed by atoms with Crippen LogP contribution in [0.1, 0.15) is 10.4 Å². The second-order valence-electron chi connectivity index (χ2n) is 3.81. The monoisotopic (exact) mass is 243 g/mol. The average molecular weight is 243 g/mol. The van der Waals surface area contributed by atoms with Crippen LogP contribution in [0.25, 0.3) is 22.7 Å². The number of nitrogens with two attached hydrogens (primary N) is 1. The van der Waals surface area contributed by atoms with Crippen LogP contribution in [-0.4, -0.2) is 31.0 Å². The van der Waals surface area contributed by atoms with Gasteiger partial charge in [-0.3, -0.25) is 0 Å². The number of nitrogen functional groups attached to an aromatic ring is 1. The van der Waals surface area contributed by atoms with E-state index in [9.17, 15) is 4.79 Å². The molecule has 0 radical (unpaired) electrons. The van der Waals surface area contributed by atoms with Gasteiger partial charge in [0.25, 0.3) is 0 Å². The van der Waals surface area contributed by atoms with Crippen LogP contribution in [0.15, 0.2) is 24.4 Å². The topological polar surface area (TPSA) is 121 Å². The van der Waals surface area contributed by atoms with Gasteiger partial charge in [0.2, 0.25) is 0 Å². The van der Waals surface area contributed by atoms with Crippen molar-refractivity contribution < 1.29 is 9.90 Å². The third kappa shape index (κ3) is 1.58. The lowest BCUT2D eigenvalue weighted by molar-refractivity contribution is 0.0697. The van der Waals surface area contributed by atoms with E-state index in [0.717, 1.165) is 0 Å². The minimum Gasteiger partial charge on any atom is -0.478 e. The maximum Gasteiger partial charge on any atom is 0.335 e. The zero-order valence-electron chi connectivity index (χ0n) is 9.14. The first-order chi connectivity index (χ1) is 8.63. The van der Waals surface area contributed by atoms with Gasteiger partial charge in [-0.15, -0.1) is 0 Å². The van der Waals surface area contributed by atoms with Crippen molar-refractivity contribution in [2.45, 2.75) is 0 Å². The number of aromatic amines is 2. The lowest BCUT2D eigenvalue weighted by Gasteiger charge is -1.92. The number of H-pyrrole nitrogens is 2. The van der Waals surface area contributed by atoms with Gasteiger partial charge < -0.3 is 20.8 Å². The number of anilines is 1. The number of nitrogens with zero attached hydrogens (tertiary/aromatic N) is 2. The van der Waals surface area contributed by atoms with Crippen LogP contribution < -0.4 is 5.73 Å². The summed E-state index contributed by atoms with van der Waals surface area (Å²) in [5.74, 6) is 0.497. The Bertz CT molecular complexity index is 743. The van der Waals surface area contributed by atoms with E-state index >= 15 is 0 Å². The van der Waals surface area contributed by atoms with Crippen molar-refractivity contribution in [3.8, 4) is 11.6 Å². The summed E-state index contributed by atoms with van der Waals surface area (Å²) in [7, 11) is 0. The SMILES string of the molecule is Nc1cnc(-c2nc3ccc(C(=O)O)cc3[nH]2)[nH]1. The van der Waals surface area contributed by atoms with Gasteiger partial charge in [0.15, 0.2) is 11.6 Å². The van der Waals surface area contributed by atoms with E-state index in [1.54, 1.807) is 6.07 Å². The summed E-state index contributed by atoms with van der Waals surface area (Å²) in [5.41, 5.74) is 7.05. The lowest BCUT2D eigenvalue weighted by Crippen LogP contribution is -1.94. The highest BCUT2D eigenvalue weighted by atomic mass is 16.4. The summed E-state index contributed by atoms with van der Waals surface area (Å²) in [4.78, 5) is 25.0. The standard InChI is InChI=1S/C11H9N5O2/c12-8-4-13-9(16-8)10-14-6-2-1-5(11(17)18)3-7(6)15-10/h1-4H,12H2,(H,13,16)(H,14,15)(H,17,18). The Labute approximate surface area is 101 Å². The predicted octanol–water partition coefficient (Wildman–Crippen LogP) is 1.23. The third-order valence-corrected chi connectivity index (χ3v) is 2.55. The van der Waals surface area contributed by atoms with Crippen LogP contribution in [0.2, 0.25) is 0 Å². The minimum absolute atomic E-state index is 0.205. The molecule has 0 unspecified atom stereocenters. The Morgan fingerprint density at radius 3 is 2.78 bits per heavy atom. The number of hydrogen-bond donors (Lipinski definition) is 4. The number of benzene rings is 1. The first-order valence-electron chi connectivity index (χ1n) is 5.17. The molecule has 0 atom stereocenters. The number of aromatic nitrogens is 4. The predicted molar refractivity (Wildman–Crippen MR) is 65.0 cm³/mol. The van der Waals surface area contributed by atoms with E-state index in [4.69, 9.17) is 10.8 Å². The maximum atomic E-state index is 10.9. The maximum absolute atomic E-state index is 10.9. The molecule has 1 aromatic carbocycles. The number of hydrogen-bond acceptors (Lipinski definition) is 4. The molecule has 90 valence electrons. The molecule has 0 aliphatic heterocycles. The van der Waals surface area contributed by atoms with Gasteiger partial charge >= 0.3 is 5.97 Å². The summed E-state index contributed by atoms with van der Waals surface area (Å²) in [6.45, 7) is 0. The molecule has 2 aromatic heterocycles. The molecule has 2 heterocycles. The fourth-order valence-corrected chi connectivity index (χ4v) is 1.71. The van der Waals surface area contributed by atoms with Gasteiger partial charge in [-0.25, -0.2) is 14.8 Å². The molecule has 0 bridgehead atoms. The zero-order valence-corrected chi connectivity index (χ0v) is 9.14. The molecule has 5 N–H and O–H groups in total. The van der Waals surface area contributed by atoms with Crippen molar-refractivity contribution in [3.05, 3.63) is 30.0 Å². The first-order valence-corrected chi connectivity index (χ1v) is 5.17. The molecule has 0 saturated carbocycles. The fraction of sp³-hybridized carbons (Fsp3) is 0. The Morgan fingerprint density at radius 2 is 2.11 bits per heavy atom. The van der Waals surface area contributed by atoms with Crippen molar-refractivity contribution in [2.24, 2.45) is 0 Å². The number of carboxylic acid groups (broad SMARTS) is 1. The zero-order chi connectivity index (χ0) is 12.7. The van der Waals surface area contributed by atoms with Gasteiger partial charge in [-0.2, -0.15) is 0 Å². The van der Waals surface area contributed by atoms with E-state index in [0.29, 0.717) is 28.5 Å². The molecule has 0 aliphatic carbocycles. The number of carboxylic acids is 1. The van der Waals surface area contributed by atoms with Crippen LogP contribution in [0.4, 0.5) is 5.82 Å². The smallest absolute Gasteiger partial charge is 0.335 e. The molecular weight excluding hydrogens is 234 g/mol. The van der Waals surface area contributed by atoms with Crippen LogP contribution in [0, 0.1) is 0 Å². The summed E-state index contributed by atoms with van der Waals surface area (Å²) in [5, 5.41) is 8.90. The molecule has 3 rings (SSSR count). The Morgan fingerprint density at radius 1 is 1.28 bits per heavy atom. The van der Waals surface area contributed by atoms with E-state index < -0.39 is 5.97 Å². The molecule has 7 heteroatoms.